The van der Waals surface area contributed by atoms with Crippen molar-refractivity contribution in [1.29, 1.82) is 0 Å². The van der Waals surface area contributed by atoms with E-state index in [1.54, 1.807) is 23.1 Å². The lowest BCUT2D eigenvalue weighted by molar-refractivity contribution is -0.385. The number of carbonyl (C=O) groups is 2. The summed E-state index contributed by atoms with van der Waals surface area (Å²) in [5.74, 6) is 0.522. The minimum Gasteiger partial charge on any atom is -0.353 e. The molecule has 0 aromatic carbocycles. The van der Waals surface area contributed by atoms with Crippen molar-refractivity contribution in [3.05, 3.63) is 49.8 Å². The zero-order chi connectivity index (χ0) is 19.4. The van der Waals surface area contributed by atoms with Crippen molar-refractivity contribution < 1.29 is 14.5 Å². The summed E-state index contributed by atoms with van der Waals surface area (Å²) in [6.45, 7) is 2.23. The number of ketones is 1. The zero-order valence-corrected chi connectivity index (χ0v) is 15.9. The molecule has 0 N–H and O–H groups in total. The summed E-state index contributed by atoms with van der Waals surface area (Å²) in [5.41, 5.74) is -0.0516. The van der Waals surface area contributed by atoms with Crippen molar-refractivity contribution >= 4 is 46.1 Å². The molecule has 8 nitrogen and oxygen atoms in total. The van der Waals surface area contributed by atoms with E-state index in [0.717, 1.165) is 0 Å². The molecule has 142 valence electrons. The molecule has 1 aliphatic heterocycles. The Labute approximate surface area is 164 Å². The van der Waals surface area contributed by atoms with Crippen LogP contribution in [0.3, 0.4) is 0 Å². The van der Waals surface area contributed by atoms with Crippen LogP contribution in [0.4, 0.5) is 11.5 Å². The first-order valence-electron chi connectivity index (χ1n) is 8.36. The zero-order valence-electron chi connectivity index (χ0n) is 14.3. The molecule has 3 heterocycles. The van der Waals surface area contributed by atoms with Gasteiger partial charge >= 0.3 is 0 Å². The number of carbonyl (C=O) groups excluding carboxylic acids is 2. The van der Waals surface area contributed by atoms with Gasteiger partial charge in [0.1, 0.15) is 12.0 Å². The number of halogens is 1. The molecular weight excluding hydrogens is 392 g/mol. The number of hydrogen-bond acceptors (Lipinski definition) is 7. The van der Waals surface area contributed by atoms with E-state index in [2.05, 4.69) is 4.98 Å². The van der Waals surface area contributed by atoms with Crippen LogP contribution in [-0.4, -0.2) is 52.7 Å². The molecule has 2 aromatic heterocycles. The first kappa shape index (κ1) is 19.2. The van der Waals surface area contributed by atoms with Gasteiger partial charge in [-0.2, -0.15) is 0 Å². The lowest BCUT2D eigenvalue weighted by Crippen LogP contribution is -2.49. The number of hydrogen-bond donors (Lipinski definition) is 0. The van der Waals surface area contributed by atoms with E-state index in [-0.39, 0.29) is 30.2 Å². The van der Waals surface area contributed by atoms with Crippen molar-refractivity contribution in [3.8, 4) is 0 Å². The second-order valence-corrected chi connectivity index (χ2v) is 7.74. The number of amides is 1. The van der Waals surface area contributed by atoms with Crippen molar-refractivity contribution in [2.24, 2.45) is 0 Å². The lowest BCUT2D eigenvalue weighted by Gasteiger charge is -2.35. The van der Waals surface area contributed by atoms with Gasteiger partial charge < -0.3 is 9.80 Å². The van der Waals surface area contributed by atoms with E-state index in [4.69, 9.17) is 11.6 Å². The van der Waals surface area contributed by atoms with Gasteiger partial charge in [0.25, 0.3) is 5.69 Å². The molecule has 2 aromatic rings. The van der Waals surface area contributed by atoms with E-state index >= 15 is 0 Å². The third-order valence-electron chi connectivity index (χ3n) is 4.31. The molecule has 0 radical (unpaired) electrons. The number of nitrogens with zero attached hydrogens (tertiary/aromatic N) is 4. The van der Waals surface area contributed by atoms with Crippen LogP contribution >= 0.6 is 22.9 Å². The molecule has 0 saturated carbocycles. The summed E-state index contributed by atoms with van der Waals surface area (Å²) >= 11 is 7.04. The maximum Gasteiger partial charge on any atom is 0.287 e. The molecule has 0 aliphatic carbocycles. The molecule has 27 heavy (non-hydrogen) atoms. The average molecular weight is 409 g/mol. The molecule has 0 unspecified atom stereocenters. The highest BCUT2D eigenvalue weighted by molar-refractivity contribution is 7.18. The van der Waals surface area contributed by atoms with Gasteiger partial charge in [0.2, 0.25) is 5.91 Å². The summed E-state index contributed by atoms with van der Waals surface area (Å²) in [6, 6.07) is 6.38. The first-order chi connectivity index (χ1) is 12.9. The molecular formula is C17H17ClN4O4S. The Morgan fingerprint density at radius 1 is 1.15 bits per heavy atom. The van der Waals surface area contributed by atoms with Gasteiger partial charge in [-0.1, -0.05) is 11.6 Å². The fourth-order valence-corrected chi connectivity index (χ4v) is 3.83. The summed E-state index contributed by atoms with van der Waals surface area (Å²) in [7, 11) is 0. The predicted molar refractivity (Wildman–Crippen MR) is 103 cm³/mol. The largest absolute Gasteiger partial charge is 0.353 e. The average Bonchev–Trinajstić information content (AvgIpc) is 3.12. The number of thiophene rings is 1. The summed E-state index contributed by atoms with van der Waals surface area (Å²) in [6.07, 6.45) is 1.57. The quantitative estimate of drug-likeness (QED) is 0.414. The Morgan fingerprint density at radius 2 is 1.89 bits per heavy atom. The van der Waals surface area contributed by atoms with Crippen LogP contribution in [0.2, 0.25) is 4.34 Å². The third kappa shape index (κ3) is 4.81. The number of aromatic nitrogens is 1. The Balaban J connectivity index is 1.47. The monoisotopic (exact) mass is 408 g/mol. The highest BCUT2D eigenvalue weighted by atomic mass is 35.5. The molecule has 0 atom stereocenters. The highest BCUT2D eigenvalue weighted by Gasteiger charge is 2.23. The Morgan fingerprint density at radius 3 is 2.44 bits per heavy atom. The second kappa shape index (κ2) is 8.45. The van der Waals surface area contributed by atoms with Crippen molar-refractivity contribution in [2.75, 3.05) is 31.1 Å². The van der Waals surface area contributed by atoms with E-state index in [0.29, 0.717) is 41.2 Å². The third-order valence-corrected chi connectivity index (χ3v) is 5.59. The van der Waals surface area contributed by atoms with Crippen LogP contribution in [0.1, 0.15) is 22.5 Å². The van der Waals surface area contributed by atoms with Gasteiger partial charge in [-0.25, -0.2) is 4.98 Å². The topological polar surface area (TPSA) is 96.7 Å². The predicted octanol–water partition coefficient (Wildman–Crippen LogP) is 3.02. The minimum atomic E-state index is -0.487. The molecule has 10 heteroatoms. The fourth-order valence-electron chi connectivity index (χ4n) is 2.82. The van der Waals surface area contributed by atoms with Gasteiger partial charge in [0.15, 0.2) is 5.78 Å². The SMILES string of the molecule is O=C(CCC(=O)N1CCN(c2ccc([N+](=O)[O-])cn2)CC1)c1ccc(Cl)s1. The van der Waals surface area contributed by atoms with Crippen LogP contribution in [0.25, 0.3) is 0 Å². The van der Waals surface area contributed by atoms with Gasteiger partial charge in [0, 0.05) is 45.1 Å². The second-order valence-electron chi connectivity index (χ2n) is 6.03. The maximum atomic E-state index is 12.3. The lowest BCUT2D eigenvalue weighted by atomic mass is 10.1. The van der Waals surface area contributed by atoms with Crippen LogP contribution in [0.15, 0.2) is 30.5 Å². The molecule has 0 spiro atoms. The first-order valence-corrected chi connectivity index (χ1v) is 9.55. The fraction of sp³-hybridized carbons (Fsp3) is 0.353. The normalized spacial score (nSPS) is 14.3. The molecule has 1 fully saturated rings. The van der Waals surface area contributed by atoms with Gasteiger partial charge in [-0.15, -0.1) is 11.3 Å². The number of piperazine rings is 1. The number of rotatable bonds is 6. The van der Waals surface area contributed by atoms with Gasteiger partial charge in [-0.3, -0.25) is 19.7 Å². The number of anilines is 1. The van der Waals surface area contributed by atoms with Crippen LogP contribution in [-0.2, 0) is 4.79 Å². The van der Waals surface area contributed by atoms with Crippen molar-refractivity contribution in [3.63, 3.8) is 0 Å². The maximum absolute atomic E-state index is 12.3. The van der Waals surface area contributed by atoms with Crippen molar-refractivity contribution in [2.45, 2.75) is 12.8 Å². The Hall–Kier alpha value is -2.52. The van der Waals surface area contributed by atoms with E-state index in [1.165, 1.54) is 23.6 Å². The number of pyridine rings is 1. The van der Waals surface area contributed by atoms with Gasteiger partial charge in [0.05, 0.1) is 14.1 Å². The van der Waals surface area contributed by atoms with Crippen LogP contribution in [0, 0.1) is 10.1 Å². The standard InChI is InChI=1S/C17H17ClN4O4S/c18-15-4-3-14(27-15)13(23)2-6-17(24)21-9-7-20(8-10-21)16-5-1-12(11-19-16)22(25)26/h1,3-5,11H,2,6-10H2. The molecule has 1 amide bonds. The van der Waals surface area contributed by atoms with E-state index < -0.39 is 4.92 Å². The minimum absolute atomic E-state index is 0.0516. The van der Waals surface area contributed by atoms with Crippen molar-refractivity contribution in [1.82, 2.24) is 9.88 Å². The van der Waals surface area contributed by atoms with Gasteiger partial charge in [-0.05, 0) is 18.2 Å². The Kier molecular flexibility index (Phi) is 6.02. The van der Waals surface area contributed by atoms with E-state index in [1.807, 2.05) is 4.90 Å². The summed E-state index contributed by atoms with van der Waals surface area (Å²) in [4.78, 5) is 43.0. The van der Waals surface area contributed by atoms with Crippen LogP contribution < -0.4 is 4.90 Å². The Bertz CT molecular complexity index is 847. The molecule has 3 rings (SSSR count). The highest BCUT2D eigenvalue weighted by Crippen LogP contribution is 2.23. The van der Waals surface area contributed by atoms with E-state index in [9.17, 15) is 19.7 Å². The van der Waals surface area contributed by atoms with Crippen LogP contribution in [0.5, 0.6) is 0 Å². The molecule has 1 saturated heterocycles. The smallest absolute Gasteiger partial charge is 0.287 e. The number of Topliss-reactive ketones (excluding diaryl/α,β-unsaturated/α-hetero) is 1. The summed E-state index contributed by atoms with van der Waals surface area (Å²) in [5, 5.41) is 10.7. The molecule has 1 aliphatic rings. The number of nitro groups is 1. The summed E-state index contributed by atoms with van der Waals surface area (Å²) < 4.78 is 0.556. The molecule has 0 bridgehead atoms.